The molecule has 2 aliphatic carbocycles. The van der Waals surface area contributed by atoms with E-state index in [4.69, 9.17) is 27.9 Å². The summed E-state index contributed by atoms with van der Waals surface area (Å²) in [6.07, 6.45) is 4.03. The average molecular weight is 376 g/mol. The first-order chi connectivity index (χ1) is 11.3. The maximum atomic E-state index is 13.4. The maximum absolute atomic E-state index is 13.4. The van der Waals surface area contributed by atoms with Crippen LogP contribution in [0.5, 0.6) is 5.75 Å². The molecule has 1 unspecified atom stereocenters. The van der Waals surface area contributed by atoms with Gasteiger partial charge in [-0.25, -0.2) is 8.78 Å². The highest BCUT2D eigenvalue weighted by Crippen LogP contribution is 2.60. The molecule has 1 atom stereocenters. The molecule has 3 rings (SSSR count). The minimum absolute atomic E-state index is 0.0368. The van der Waals surface area contributed by atoms with E-state index in [1.165, 1.54) is 0 Å². The lowest BCUT2D eigenvalue weighted by atomic mass is 9.82. The van der Waals surface area contributed by atoms with Crippen molar-refractivity contribution in [2.24, 2.45) is 11.3 Å². The molecule has 1 fully saturated rings. The predicted molar refractivity (Wildman–Crippen MR) is 86.7 cm³/mol. The fourth-order valence-corrected chi connectivity index (χ4v) is 3.52. The highest BCUT2D eigenvalue weighted by atomic mass is 35.5. The van der Waals surface area contributed by atoms with Crippen LogP contribution >= 0.6 is 23.2 Å². The quantitative estimate of drug-likeness (QED) is 0.483. The SMILES string of the molecule is O=[N+]([O-])c1cc(Cl)c(OC2=CC=CCC2C2(C(F)F)CC2)c(Cl)c1. The molecule has 1 saturated carbocycles. The molecule has 0 amide bonds. The van der Waals surface area contributed by atoms with E-state index in [2.05, 4.69) is 0 Å². The Morgan fingerprint density at radius 3 is 2.42 bits per heavy atom. The number of nitro groups is 1. The van der Waals surface area contributed by atoms with Crippen molar-refractivity contribution in [3.63, 3.8) is 0 Å². The second kappa shape index (κ2) is 6.33. The topological polar surface area (TPSA) is 52.4 Å². The number of allylic oxidation sites excluding steroid dienone is 4. The van der Waals surface area contributed by atoms with Gasteiger partial charge in [0.05, 0.1) is 15.0 Å². The highest BCUT2D eigenvalue weighted by Gasteiger charge is 2.58. The Bertz CT molecular complexity index is 722. The molecule has 0 aliphatic heterocycles. The van der Waals surface area contributed by atoms with E-state index in [0.29, 0.717) is 25.0 Å². The summed E-state index contributed by atoms with van der Waals surface area (Å²) in [6.45, 7) is 0. The molecule has 0 aromatic heterocycles. The molecule has 0 N–H and O–H groups in total. The zero-order valence-electron chi connectivity index (χ0n) is 12.3. The van der Waals surface area contributed by atoms with Crippen molar-refractivity contribution in [3.05, 3.63) is 56.3 Å². The third-order valence-electron chi connectivity index (χ3n) is 4.48. The van der Waals surface area contributed by atoms with Crippen molar-refractivity contribution < 1.29 is 18.4 Å². The molecule has 128 valence electrons. The lowest BCUT2D eigenvalue weighted by molar-refractivity contribution is -0.384. The van der Waals surface area contributed by atoms with Gasteiger partial charge in [0, 0.05) is 23.5 Å². The summed E-state index contributed by atoms with van der Waals surface area (Å²) in [6, 6.07) is 2.24. The Morgan fingerprint density at radius 1 is 1.29 bits per heavy atom. The van der Waals surface area contributed by atoms with Gasteiger partial charge in [-0.3, -0.25) is 10.1 Å². The molecule has 0 bridgehead atoms. The number of nitrogens with zero attached hydrogens (tertiary/aromatic N) is 1. The largest absolute Gasteiger partial charge is 0.458 e. The Balaban J connectivity index is 1.91. The number of benzene rings is 1. The van der Waals surface area contributed by atoms with Crippen LogP contribution in [-0.4, -0.2) is 11.3 Å². The Labute approximate surface area is 146 Å². The van der Waals surface area contributed by atoms with Gasteiger partial charge in [-0.05, 0) is 25.3 Å². The van der Waals surface area contributed by atoms with Crippen molar-refractivity contribution in [3.8, 4) is 5.75 Å². The van der Waals surface area contributed by atoms with Crippen LogP contribution in [0.2, 0.25) is 10.0 Å². The van der Waals surface area contributed by atoms with Gasteiger partial charge in [-0.2, -0.15) is 0 Å². The zero-order chi connectivity index (χ0) is 17.5. The first-order valence-electron chi connectivity index (χ1n) is 7.31. The molecule has 1 aromatic rings. The number of ether oxygens (including phenoxy) is 1. The van der Waals surface area contributed by atoms with Crippen LogP contribution in [0.15, 0.2) is 36.1 Å². The number of rotatable bonds is 5. The smallest absolute Gasteiger partial charge is 0.272 e. The van der Waals surface area contributed by atoms with Crippen LogP contribution in [0.25, 0.3) is 0 Å². The predicted octanol–water partition coefficient (Wildman–Crippen LogP) is 5.79. The number of hydrogen-bond acceptors (Lipinski definition) is 3. The van der Waals surface area contributed by atoms with Gasteiger partial charge in [-0.1, -0.05) is 35.4 Å². The molecular weight excluding hydrogens is 363 g/mol. The normalized spacial score (nSPS) is 21.5. The van der Waals surface area contributed by atoms with Gasteiger partial charge < -0.3 is 4.74 Å². The maximum Gasteiger partial charge on any atom is 0.272 e. The van der Waals surface area contributed by atoms with Crippen LogP contribution in [-0.2, 0) is 0 Å². The van der Waals surface area contributed by atoms with E-state index in [1.54, 1.807) is 12.2 Å². The molecule has 0 spiro atoms. The summed E-state index contributed by atoms with van der Waals surface area (Å²) in [5.74, 6) is -0.0710. The third-order valence-corrected chi connectivity index (χ3v) is 5.04. The van der Waals surface area contributed by atoms with Crippen molar-refractivity contribution >= 4 is 28.9 Å². The fourth-order valence-electron chi connectivity index (χ4n) is 2.96. The molecule has 0 heterocycles. The molecule has 24 heavy (non-hydrogen) atoms. The number of nitro benzene ring substituents is 1. The number of hydrogen-bond donors (Lipinski definition) is 0. The van der Waals surface area contributed by atoms with E-state index in [-0.39, 0.29) is 21.5 Å². The first-order valence-corrected chi connectivity index (χ1v) is 8.07. The Kier molecular flexibility index (Phi) is 4.53. The molecule has 1 aromatic carbocycles. The van der Waals surface area contributed by atoms with Gasteiger partial charge in [0.2, 0.25) is 6.43 Å². The van der Waals surface area contributed by atoms with Crippen LogP contribution < -0.4 is 4.74 Å². The van der Waals surface area contributed by atoms with E-state index in [1.807, 2.05) is 6.08 Å². The van der Waals surface area contributed by atoms with Crippen molar-refractivity contribution in [2.75, 3.05) is 0 Å². The van der Waals surface area contributed by atoms with Gasteiger partial charge >= 0.3 is 0 Å². The summed E-state index contributed by atoms with van der Waals surface area (Å²) >= 11 is 12.1. The second-order valence-corrected chi connectivity index (χ2v) is 6.73. The lowest BCUT2D eigenvalue weighted by Crippen LogP contribution is -2.28. The van der Waals surface area contributed by atoms with E-state index < -0.39 is 22.7 Å². The highest BCUT2D eigenvalue weighted by molar-refractivity contribution is 6.37. The van der Waals surface area contributed by atoms with E-state index >= 15 is 0 Å². The standard InChI is InChI=1S/C16H13Cl2F2NO3/c17-11-7-9(21(22)23)8-12(18)14(11)24-13-4-2-1-3-10(13)16(5-6-16)15(19)20/h1-2,4,7-8,10,15H,3,5-6H2. The third kappa shape index (κ3) is 3.00. The van der Waals surface area contributed by atoms with Gasteiger partial charge in [0.1, 0.15) is 5.76 Å². The van der Waals surface area contributed by atoms with Gasteiger partial charge in [-0.15, -0.1) is 0 Å². The summed E-state index contributed by atoms with van der Waals surface area (Å²) in [5.41, 5.74) is -1.34. The van der Waals surface area contributed by atoms with Gasteiger partial charge in [0.15, 0.2) is 5.75 Å². The van der Waals surface area contributed by atoms with Crippen LogP contribution in [0.4, 0.5) is 14.5 Å². The zero-order valence-corrected chi connectivity index (χ0v) is 13.9. The molecule has 0 radical (unpaired) electrons. The Morgan fingerprint density at radius 2 is 1.92 bits per heavy atom. The summed E-state index contributed by atoms with van der Waals surface area (Å²) in [7, 11) is 0. The molecule has 0 saturated heterocycles. The van der Waals surface area contributed by atoms with Gasteiger partial charge in [0.25, 0.3) is 5.69 Å². The Hall–Kier alpha value is -1.66. The van der Waals surface area contributed by atoms with Crippen molar-refractivity contribution in [1.82, 2.24) is 0 Å². The number of halogens is 4. The van der Waals surface area contributed by atoms with E-state index in [9.17, 15) is 18.9 Å². The summed E-state index contributed by atoms with van der Waals surface area (Å²) in [5, 5.41) is 10.7. The van der Waals surface area contributed by atoms with Crippen LogP contribution in [0, 0.1) is 21.4 Å². The molecule has 2 aliphatic rings. The van der Waals surface area contributed by atoms with E-state index in [0.717, 1.165) is 12.1 Å². The van der Waals surface area contributed by atoms with Crippen LogP contribution in [0.3, 0.4) is 0 Å². The summed E-state index contributed by atoms with van der Waals surface area (Å²) < 4.78 is 32.6. The van der Waals surface area contributed by atoms with Crippen LogP contribution in [0.1, 0.15) is 19.3 Å². The molecule has 8 heteroatoms. The second-order valence-electron chi connectivity index (χ2n) is 5.92. The minimum atomic E-state index is -2.44. The number of non-ortho nitro benzene ring substituents is 1. The molecule has 4 nitrogen and oxygen atoms in total. The fraction of sp³-hybridized carbons (Fsp3) is 0.375. The summed E-state index contributed by atoms with van der Waals surface area (Å²) in [4.78, 5) is 10.2. The monoisotopic (exact) mass is 375 g/mol. The lowest BCUT2D eigenvalue weighted by Gasteiger charge is -2.29. The number of alkyl halides is 2. The van der Waals surface area contributed by atoms with Crippen molar-refractivity contribution in [1.29, 1.82) is 0 Å². The average Bonchev–Trinajstić information content (AvgIpc) is 3.32. The van der Waals surface area contributed by atoms with Crippen molar-refractivity contribution in [2.45, 2.75) is 25.7 Å². The minimum Gasteiger partial charge on any atom is -0.458 e. The molecular formula is C16H13Cl2F2NO3. The first kappa shape index (κ1) is 17.2.